The Kier molecular flexibility index (Phi) is 2.64. The molecule has 104 valence electrons. The number of anilines is 2. The van der Waals surface area contributed by atoms with Crippen molar-refractivity contribution < 1.29 is 0 Å². The highest BCUT2D eigenvalue weighted by atomic mass is 15.0. The monoisotopic (exact) mass is 258 g/mol. The molecule has 2 nitrogen and oxygen atoms in total. The SMILES string of the molecule is Cc1ccc(N)cc1NC1C2(C)CCC(C2)C1(C)C. The van der Waals surface area contributed by atoms with Crippen molar-refractivity contribution in [2.75, 3.05) is 11.1 Å². The van der Waals surface area contributed by atoms with Crippen LogP contribution < -0.4 is 11.1 Å². The second kappa shape index (κ2) is 3.91. The Balaban J connectivity index is 1.92. The fourth-order valence-corrected chi connectivity index (χ4v) is 4.61. The van der Waals surface area contributed by atoms with Gasteiger partial charge in [-0.2, -0.15) is 0 Å². The summed E-state index contributed by atoms with van der Waals surface area (Å²) in [6.07, 6.45) is 4.14. The lowest BCUT2D eigenvalue weighted by atomic mass is 9.68. The summed E-state index contributed by atoms with van der Waals surface area (Å²) in [5.74, 6) is 0.872. The molecule has 3 unspecified atom stereocenters. The maximum atomic E-state index is 5.94. The Bertz CT molecular complexity index is 501. The minimum atomic E-state index is 0.379. The van der Waals surface area contributed by atoms with E-state index in [1.54, 1.807) is 0 Å². The maximum Gasteiger partial charge on any atom is 0.0393 e. The molecular formula is C17H26N2. The van der Waals surface area contributed by atoms with Crippen LogP contribution in [-0.2, 0) is 0 Å². The molecule has 2 aliphatic rings. The third-order valence-electron chi connectivity index (χ3n) is 5.83. The number of rotatable bonds is 2. The van der Waals surface area contributed by atoms with Crippen LogP contribution in [-0.4, -0.2) is 6.04 Å². The molecule has 1 aromatic carbocycles. The number of nitrogens with one attached hydrogen (secondary N) is 1. The van der Waals surface area contributed by atoms with Gasteiger partial charge in [0, 0.05) is 17.4 Å². The van der Waals surface area contributed by atoms with Crippen molar-refractivity contribution in [2.24, 2.45) is 16.7 Å². The maximum absolute atomic E-state index is 5.94. The van der Waals surface area contributed by atoms with E-state index >= 15 is 0 Å². The van der Waals surface area contributed by atoms with Crippen LogP contribution in [0.1, 0.15) is 45.6 Å². The largest absolute Gasteiger partial charge is 0.399 e. The van der Waals surface area contributed by atoms with Gasteiger partial charge in [0.2, 0.25) is 0 Å². The summed E-state index contributed by atoms with van der Waals surface area (Å²) in [4.78, 5) is 0. The van der Waals surface area contributed by atoms with Crippen LogP contribution in [0, 0.1) is 23.7 Å². The Hall–Kier alpha value is -1.18. The summed E-state index contributed by atoms with van der Waals surface area (Å²) in [6.45, 7) is 9.48. The van der Waals surface area contributed by atoms with Crippen molar-refractivity contribution in [2.45, 2.75) is 53.0 Å². The van der Waals surface area contributed by atoms with E-state index in [1.807, 2.05) is 6.07 Å². The van der Waals surface area contributed by atoms with Crippen molar-refractivity contribution >= 4 is 11.4 Å². The van der Waals surface area contributed by atoms with Crippen LogP contribution in [0.15, 0.2) is 18.2 Å². The molecular weight excluding hydrogens is 232 g/mol. The number of aryl methyl sites for hydroxylation is 1. The molecule has 19 heavy (non-hydrogen) atoms. The molecule has 3 atom stereocenters. The van der Waals surface area contributed by atoms with E-state index < -0.39 is 0 Å². The first kappa shape index (κ1) is 12.8. The predicted octanol–water partition coefficient (Wildman–Crippen LogP) is 4.20. The lowest BCUT2D eigenvalue weighted by Crippen LogP contribution is -2.45. The zero-order valence-electron chi connectivity index (χ0n) is 12.6. The lowest BCUT2D eigenvalue weighted by Gasteiger charge is -2.44. The van der Waals surface area contributed by atoms with Crippen LogP contribution in [0.2, 0.25) is 0 Å². The molecule has 0 aromatic heterocycles. The van der Waals surface area contributed by atoms with E-state index in [1.165, 1.54) is 30.5 Å². The molecule has 2 heteroatoms. The van der Waals surface area contributed by atoms with Crippen molar-refractivity contribution in [3.63, 3.8) is 0 Å². The predicted molar refractivity (Wildman–Crippen MR) is 82.2 cm³/mol. The van der Waals surface area contributed by atoms with E-state index in [-0.39, 0.29) is 0 Å². The zero-order valence-corrected chi connectivity index (χ0v) is 12.6. The lowest BCUT2D eigenvalue weighted by molar-refractivity contribution is 0.155. The standard InChI is InChI=1S/C17H26N2/c1-11-5-6-13(18)9-14(11)19-15-16(2,3)12-7-8-17(15,4)10-12/h5-6,9,12,15,19H,7-8,10,18H2,1-4H3. The van der Waals surface area contributed by atoms with Crippen LogP contribution >= 0.6 is 0 Å². The molecule has 0 saturated heterocycles. The second-order valence-electron chi connectivity index (χ2n) is 7.57. The van der Waals surface area contributed by atoms with E-state index in [4.69, 9.17) is 5.73 Å². The Morgan fingerprint density at radius 1 is 1.26 bits per heavy atom. The highest BCUT2D eigenvalue weighted by Crippen LogP contribution is 2.63. The zero-order chi connectivity index (χ0) is 13.8. The minimum absolute atomic E-state index is 0.379. The van der Waals surface area contributed by atoms with Gasteiger partial charge in [-0.15, -0.1) is 0 Å². The summed E-state index contributed by atoms with van der Waals surface area (Å²) in [6, 6.07) is 6.73. The van der Waals surface area contributed by atoms with E-state index in [0.29, 0.717) is 16.9 Å². The molecule has 2 aliphatic carbocycles. The van der Waals surface area contributed by atoms with Gasteiger partial charge in [-0.1, -0.05) is 26.8 Å². The molecule has 1 aromatic rings. The summed E-state index contributed by atoms with van der Waals surface area (Å²) >= 11 is 0. The average molecular weight is 258 g/mol. The molecule has 2 fully saturated rings. The molecule has 0 radical (unpaired) electrons. The van der Waals surface area contributed by atoms with Crippen LogP contribution in [0.3, 0.4) is 0 Å². The van der Waals surface area contributed by atoms with Crippen LogP contribution in [0.5, 0.6) is 0 Å². The molecule has 0 spiro atoms. The first-order valence-corrected chi connectivity index (χ1v) is 7.46. The van der Waals surface area contributed by atoms with Crippen LogP contribution in [0.25, 0.3) is 0 Å². The fraction of sp³-hybridized carbons (Fsp3) is 0.647. The van der Waals surface area contributed by atoms with Crippen molar-refractivity contribution in [3.8, 4) is 0 Å². The van der Waals surface area contributed by atoms with E-state index in [0.717, 1.165) is 11.6 Å². The van der Waals surface area contributed by atoms with Gasteiger partial charge in [0.05, 0.1) is 0 Å². The smallest absolute Gasteiger partial charge is 0.0393 e. The quantitative estimate of drug-likeness (QED) is 0.780. The normalized spacial score (nSPS) is 35.6. The molecule has 3 N–H and O–H groups in total. The summed E-state index contributed by atoms with van der Waals surface area (Å²) in [5, 5.41) is 3.83. The van der Waals surface area contributed by atoms with Crippen molar-refractivity contribution in [3.05, 3.63) is 23.8 Å². The number of nitrogens with two attached hydrogens (primary N) is 1. The summed E-state index contributed by atoms with van der Waals surface area (Å²) < 4.78 is 0. The van der Waals surface area contributed by atoms with Crippen molar-refractivity contribution in [1.82, 2.24) is 0 Å². The fourth-order valence-electron chi connectivity index (χ4n) is 4.61. The number of hydrogen-bond donors (Lipinski definition) is 2. The molecule has 2 bridgehead atoms. The average Bonchev–Trinajstić information content (AvgIpc) is 2.80. The third kappa shape index (κ3) is 1.84. The first-order valence-electron chi connectivity index (χ1n) is 7.46. The highest BCUT2D eigenvalue weighted by molar-refractivity contribution is 5.60. The van der Waals surface area contributed by atoms with E-state index in [9.17, 15) is 0 Å². The summed E-state index contributed by atoms with van der Waals surface area (Å²) in [5.41, 5.74) is 10.1. The first-order chi connectivity index (χ1) is 8.83. The highest BCUT2D eigenvalue weighted by Gasteiger charge is 2.59. The molecule has 3 rings (SSSR count). The topological polar surface area (TPSA) is 38.0 Å². The number of fused-ring (bicyclic) bond motifs is 2. The molecule has 0 amide bonds. The van der Waals surface area contributed by atoms with Gasteiger partial charge in [-0.25, -0.2) is 0 Å². The van der Waals surface area contributed by atoms with E-state index in [2.05, 4.69) is 45.1 Å². The Morgan fingerprint density at radius 2 is 2.00 bits per heavy atom. The van der Waals surface area contributed by atoms with Gasteiger partial charge < -0.3 is 11.1 Å². The third-order valence-corrected chi connectivity index (χ3v) is 5.83. The van der Waals surface area contributed by atoms with Gasteiger partial charge in [-0.3, -0.25) is 0 Å². The Labute approximate surface area is 116 Å². The van der Waals surface area contributed by atoms with Gasteiger partial charge in [-0.05, 0) is 60.6 Å². The van der Waals surface area contributed by atoms with Crippen LogP contribution in [0.4, 0.5) is 11.4 Å². The van der Waals surface area contributed by atoms with Crippen molar-refractivity contribution in [1.29, 1.82) is 0 Å². The molecule has 0 heterocycles. The molecule has 2 saturated carbocycles. The Morgan fingerprint density at radius 3 is 2.63 bits per heavy atom. The van der Waals surface area contributed by atoms with Gasteiger partial charge >= 0.3 is 0 Å². The number of hydrogen-bond acceptors (Lipinski definition) is 2. The minimum Gasteiger partial charge on any atom is -0.399 e. The van der Waals surface area contributed by atoms with Gasteiger partial charge in [0.15, 0.2) is 0 Å². The molecule has 0 aliphatic heterocycles. The van der Waals surface area contributed by atoms with Gasteiger partial charge in [0.25, 0.3) is 0 Å². The number of nitrogen functional groups attached to an aromatic ring is 1. The summed E-state index contributed by atoms with van der Waals surface area (Å²) in [7, 11) is 0. The number of benzene rings is 1. The second-order valence-corrected chi connectivity index (χ2v) is 7.57. The van der Waals surface area contributed by atoms with Gasteiger partial charge in [0.1, 0.15) is 0 Å².